The smallest absolute Gasteiger partial charge is 0.246 e. The Hall–Kier alpha value is -2.91. The van der Waals surface area contributed by atoms with Crippen molar-refractivity contribution in [2.24, 2.45) is 0 Å². The van der Waals surface area contributed by atoms with Gasteiger partial charge in [-0.1, -0.05) is 34.1 Å². The van der Waals surface area contributed by atoms with E-state index in [4.69, 9.17) is 5.26 Å². The molecule has 0 aliphatic carbocycles. The molecule has 2 aromatic carbocycles. The minimum atomic E-state index is -0.319. The Morgan fingerprint density at radius 3 is 2.69 bits per heavy atom. The first-order chi connectivity index (χ1) is 12.4. The molecule has 2 rings (SSSR count). The van der Waals surface area contributed by atoms with Crippen molar-refractivity contribution < 1.29 is 9.59 Å². The molecule has 6 heteroatoms. The molecular weight excluding hydrogens is 394 g/mol. The van der Waals surface area contributed by atoms with Crippen LogP contribution in [-0.4, -0.2) is 30.3 Å². The van der Waals surface area contributed by atoms with Gasteiger partial charge in [0.05, 0.1) is 18.2 Å². The van der Waals surface area contributed by atoms with Gasteiger partial charge in [0, 0.05) is 23.3 Å². The van der Waals surface area contributed by atoms with Crippen LogP contribution in [0.1, 0.15) is 16.7 Å². The molecule has 0 saturated carbocycles. The number of carbonyl (C=O) groups is 2. The second kappa shape index (κ2) is 8.97. The summed E-state index contributed by atoms with van der Waals surface area (Å²) in [5, 5.41) is 11.9. The predicted octanol–water partition coefficient (Wildman–Crippen LogP) is 3.74. The van der Waals surface area contributed by atoms with Crippen molar-refractivity contribution in [3.8, 4) is 6.07 Å². The van der Waals surface area contributed by atoms with E-state index in [1.165, 1.54) is 11.0 Å². The number of amides is 2. The highest BCUT2D eigenvalue weighted by Crippen LogP contribution is 2.20. The fraction of sp³-hybridized carbons (Fsp3) is 0.150. The number of halogens is 1. The van der Waals surface area contributed by atoms with E-state index in [1.807, 2.05) is 19.1 Å². The van der Waals surface area contributed by atoms with Crippen molar-refractivity contribution in [3.05, 3.63) is 69.7 Å². The van der Waals surface area contributed by atoms with Crippen molar-refractivity contribution in [3.63, 3.8) is 0 Å². The van der Waals surface area contributed by atoms with Crippen LogP contribution in [0.25, 0.3) is 6.08 Å². The first kappa shape index (κ1) is 19.4. The third-order valence-corrected chi connectivity index (χ3v) is 4.20. The number of hydrogen-bond donors (Lipinski definition) is 1. The van der Waals surface area contributed by atoms with Crippen LogP contribution in [0.4, 0.5) is 5.69 Å². The van der Waals surface area contributed by atoms with Crippen LogP contribution >= 0.6 is 15.9 Å². The molecule has 1 N–H and O–H groups in total. The van der Waals surface area contributed by atoms with Gasteiger partial charge in [-0.15, -0.1) is 0 Å². The third-order valence-electron chi connectivity index (χ3n) is 3.71. The highest BCUT2D eigenvalue weighted by Gasteiger charge is 2.12. The summed E-state index contributed by atoms with van der Waals surface area (Å²) in [5.74, 6) is -0.600. The molecule has 2 amide bonds. The van der Waals surface area contributed by atoms with E-state index in [9.17, 15) is 9.59 Å². The molecule has 0 heterocycles. The van der Waals surface area contributed by atoms with Crippen LogP contribution in [0.2, 0.25) is 0 Å². The Morgan fingerprint density at radius 1 is 1.27 bits per heavy atom. The molecule has 0 aliphatic heterocycles. The van der Waals surface area contributed by atoms with Gasteiger partial charge < -0.3 is 10.2 Å². The molecule has 0 aliphatic rings. The summed E-state index contributed by atoms with van der Waals surface area (Å²) < 4.78 is 0.933. The normalized spacial score (nSPS) is 10.4. The van der Waals surface area contributed by atoms with E-state index in [0.717, 1.165) is 10.0 Å². The molecule has 0 unspecified atom stereocenters. The number of nitrogens with zero attached hydrogens (tertiary/aromatic N) is 2. The molecular formula is C20H18BrN3O2. The summed E-state index contributed by atoms with van der Waals surface area (Å²) in [6.07, 6.45) is 2.93. The van der Waals surface area contributed by atoms with Crippen molar-refractivity contribution in [1.29, 1.82) is 5.26 Å². The molecule has 0 fully saturated rings. The van der Waals surface area contributed by atoms with Crippen LogP contribution < -0.4 is 5.32 Å². The number of nitrogens with one attached hydrogen (secondary N) is 1. The summed E-state index contributed by atoms with van der Waals surface area (Å²) in [6.45, 7) is 1.82. The zero-order valence-electron chi connectivity index (χ0n) is 14.5. The molecule has 132 valence electrons. The molecule has 0 aromatic heterocycles. The maximum atomic E-state index is 12.2. The van der Waals surface area contributed by atoms with Gasteiger partial charge in [-0.05, 0) is 48.4 Å². The summed E-state index contributed by atoms with van der Waals surface area (Å²) in [4.78, 5) is 25.7. The van der Waals surface area contributed by atoms with Gasteiger partial charge in [0.1, 0.15) is 0 Å². The van der Waals surface area contributed by atoms with E-state index in [-0.39, 0.29) is 18.4 Å². The van der Waals surface area contributed by atoms with Crippen LogP contribution in [0.15, 0.2) is 53.0 Å². The number of benzene rings is 2. The van der Waals surface area contributed by atoms with E-state index >= 15 is 0 Å². The zero-order chi connectivity index (χ0) is 19.1. The maximum absolute atomic E-state index is 12.2. The summed E-state index contributed by atoms with van der Waals surface area (Å²) in [7, 11) is 1.55. The van der Waals surface area contributed by atoms with Crippen molar-refractivity contribution in [1.82, 2.24) is 4.90 Å². The molecule has 2 aromatic rings. The molecule has 0 radical (unpaired) electrons. The number of anilines is 1. The van der Waals surface area contributed by atoms with Crippen LogP contribution in [0, 0.1) is 18.3 Å². The van der Waals surface area contributed by atoms with E-state index in [0.29, 0.717) is 16.8 Å². The number of aryl methyl sites for hydroxylation is 1. The number of hydrogen-bond acceptors (Lipinski definition) is 3. The molecule has 0 spiro atoms. The van der Waals surface area contributed by atoms with Gasteiger partial charge in [0.25, 0.3) is 0 Å². The van der Waals surface area contributed by atoms with Crippen molar-refractivity contribution in [2.75, 3.05) is 18.9 Å². The van der Waals surface area contributed by atoms with Gasteiger partial charge in [0.15, 0.2) is 0 Å². The van der Waals surface area contributed by atoms with E-state index in [2.05, 4.69) is 27.3 Å². The standard InChI is InChI=1S/C20H18BrN3O2/c1-14-11-17(21)8-9-18(14)23-19(25)13-24(2)20(26)10-7-15-5-3-4-6-16(15)12-22/h3-11H,13H2,1-2H3,(H,23,25)/b10-7+. The lowest BCUT2D eigenvalue weighted by Gasteiger charge is -2.15. The number of rotatable bonds is 5. The molecule has 0 bridgehead atoms. The van der Waals surface area contributed by atoms with Crippen molar-refractivity contribution in [2.45, 2.75) is 6.92 Å². The second-order valence-corrected chi connectivity index (χ2v) is 6.65. The Morgan fingerprint density at radius 2 is 2.00 bits per heavy atom. The Balaban J connectivity index is 1.97. The first-order valence-corrected chi connectivity index (χ1v) is 8.68. The van der Waals surface area contributed by atoms with E-state index in [1.54, 1.807) is 43.5 Å². The quantitative estimate of drug-likeness (QED) is 0.761. The third kappa shape index (κ3) is 5.30. The average molecular weight is 412 g/mol. The van der Waals surface area contributed by atoms with E-state index < -0.39 is 0 Å². The highest BCUT2D eigenvalue weighted by atomic mass is 79.9. The lowest BCUT2D eigenvalue weighted by Crippen LogP contribution is -2.34. The highest BCUT2D eigenvalue weighted by molar-refractivity contribution is 9.10. The first-order valence-electron chi connectivity index (χ1n) is 7.89. The van der Waals surface area contributed by atoms with Crippen LogP contribution in [-0.2, 0) is 9.59 Å². The van der Waals surface area contributed by atoms with Crippen LogP contribution in [0.5, 0.6) is 0 Å². The SMILES string of the molecule is Cc1cc(Br)ccc1NC(=O)CN(C)C(=O)/C=C/c1ccccc1C#N. The van der Waals surface area contributed by atoms with Gasteiger partial charge in [-0.3, -0.25) is 9.59 Å². The Kier molecular flexibility index (Phi) is 6.70. The summed E-state index contributed by atoms with van der Waals surface area (Å²) >= 11 is 3.38. The monoisotopic (exact) mass is 411 g/mol. The van der Waals surface area contributed by atoms with Gasteiger partial charge in [0.2, 0.25) is 11.8 Å². The lowest BCUT2D eigenvalue weighted by molar-refractivity contribution is -0.129. The lowest BCUT2D eigenvalue weighted by atomic mass is 10.1. The molecule has 26 heavy (non-hydrogen) atoms. The predicted molar refractivity (Wildman–Crippen MR) is 105 cm³/mol. The Bertz CT molecular complexity index is 900. The van der Waals surface area contributed by atoms with Crippen LogP contribution in [0.3, 0.4) is 0 Å². The second-order valence-electron chi connectivity index (χ2n) is 5.73. The summed E-state index contributed by atoms with van der Waals surface area (Å²) in [6, 6.07) is 14.6. The largest absolute Gasteiger partial charge is 0.333 e. The Labute approximate surface area is 161 Å². The van der Waals surface area contributed by atoms with Gasteiger partial charge in [-0.25, -0.2) is 0 Å². The topological polar surface area (TPSA) is 73.2 Å². The maximum Gasteiger partial charge on any atom is 0.246 e. The molecule has 0 saturated heterocycles. The van der Waals surface area contributed by atoms with Gasteiger partial charge >= 0.3 is 0 Å². The number of nitriles is 1. The minimum Gasteiger partial charge on any atom is -0.333 e. The number of carbonyl (C=O) groups excluding carboxylic acids is 2. The fourth-order valence-corrected chi connectivity index (χ4v) is 2.76. The van der Waals surface area contributed by atoms with Gasteiger partial charge in [-0.2, -0.15) is 5.26 Å². The average Bonchev–Trinajstić information content (AvgIpc) is 2.62. The molecule has 5 nitrogen and oxygen atoms in total. The van der Waals surface area contributed by atoms with Crippen molar-refractivity contribution >= 4 is 39.5 Å². The fourth-order valence-electron chi connectivity index (χ4n) is 2.28. The summed E-state index contributed by atoms with van der Waals surface area (Å²) in [5.41, 5.74) is 2.78. The minimum absolute atomic E-state index is 0.0709. The molecule has 0 atom stereocenters. The zero-order valence-corrected chi connectivity index (χ0v) is 16.1. The number of likely N-dealkylation sites (N-methyl/N-ethyl adjacent to an activating group) is 1.